The maximum absolute atomic E-state index is 13.3. The number of carbonyl (C=O) groups is 1. The molecule has 0 aliphatic heterocycles. The van der Waals surface area contributed by atoms with E-state index in [2.05, 4.69) is 20.1 Å². The van der Waals surface area contributed by atoms with Gasteiger partial charge in [-0.15, -0.1) is 0 Å². The van der Waals surface area contributed by atoms with Gasteiger partial charge < -0.3 is 14.6 Å². The molecule has 2 aromatic heterocycles. The molecule has 8 heteroatoms. The largest absolute Gasteiger partial charge is 0.496 e. The van der Waals surface area contributed by atoms with Crippen molar-refractivity contribution in [3.05, 3.63) is 65.7 Å². The third kappa shape index (κ3) is 3.44. The number of methoxy groups -OCH3 is 1. The molecule has 2 heterocycles. The van der Waals surface area contributed by atoms with E-state index >= 15 is 0 Å². The van der Waals surface area contributed by atoms with Crippen molar-refractivity contribution in [1.29, 1.82) is 0 Å². The van der Waals surface area contributed by atoms with Gasteiger partial charge in [0.15, 0.2) is 5.82 Å². The molecule has 0 radical (unpaired) electrons. The van der Waals surface area contributed by atoms with Gasteiger partial charge in [0, 0.05) is 29.6 Å². The number of aromatic nitrogens is 3. The van der Waals surface area contributed by atoms with Crippen LogP contribution in [0.2, 0.25) is 0 Å². The van der Waals surface area contributed by atoms with Crippen molar-refractivity contribution in [3.8, 4) is 17.1 Å². The smallest absolute Gasteiger partial charge is 0.257 e. The van der Waals surface area contributed by atoms with Crippen LogP contribution in [0.1, 0.15) is 17.3 Å². The van der Waals surface area contributed by atoms with E-state index in [1.54, 1.807) is 13.2 Å². The standard InChI is InChI=1S/C21H18F2N4O2/c1-3-27-17-5-4-6-19(29-2)15(17)10-18(27)16-11-20(26-25-16)24-21(28)12-7-13(22)9-14(23)8-12/h4-11H,3H2,1-2H3,(H2,24,25,26,28). The predicted octanol–water partition coefficient (Wildman–Crippen LogP) is 4.59. The van der Waals surface area contributed by atoms with Crippen molar-refractivity contribution in [3.63, 3.8) is 0 Å². The Balaban J connectivity index is 1.66. The van der Waals surface area contributed by atoms with Gasteiger partial charge in [0.2, 0.25) is 0 Å². The van der Waals surface area contributed by atoms with Crippen LogP contribution in [0.15, 0.2) is 48.5 Å². The van der Waals surface area contributed by atoms with E-state index in [1.165, 1.54) is 0 Å². The van der Waals surface area contributed by atoms with Gasteiger partial charge in [-0.2, -0.15) is 5.10 Å². The Hall–Kier alpha value is -3.68. The minimum absolute atomic E-state index is 0.126. The molecular weight excluding hydrogens is 378 g/mol. The Bertz CT molecular complexity index is 1190. The molecule has 2 N–H and O–H groups in total. The molecule has 4 rings (SSSR count). The minimum Gasteiger partial charge on any atom is -0.496 e. The number of benzene rings is 2. The lowest BCUT2D eigenvalue weighted by Crippen LogP contribution is -2.12. The Kier molecular flexibility index (Phi) is 4.75. The van der Waals surface area contributed by atoms with Crippen LogP contribution in [0.25, 0.3) is 22.3 Å². The van der Waals surface area contributed by atoms with Gasteiger partial charge in [-0.3, -0.25) is 9.89 Å². The molecule has 0 unspecified atom stereocenters. The third-order valence-electron chi connectivity index (χ3n) is 4.66. The molecule has 0 saturated heterocycles. The monoisotopic (exact) mass is 396 g/mol. The van der Waals surface area contributed by atoms with Crippen molar-refractivity contribution >= 4 is 22.6 Å². The van der Waals surface area contributed by atoms with Crippen molar-refractivity contribution in [1.82, 2.24) is 14.8 Å². The number of aryl methyl sites for hydroxylation is 1. The second-order valence-electron chi connectivity index (χ2n) is 6.45. The van der Waals surface area contributed by atoms with E-state index in [0.717, 1.165) is 41.0 Å². The molecule has 0 atom stereocenters. The number of carbonyl (C=O) groups excluding carboxylic acids is 1. The Morgan fingerprint density at radius 1 is 1.17 bits per heavy atom. The summed E-state index contributed by atoms with van der Waals surface area (Å²) in [4.78, 5) is 12.3. The lowest BCUT2D eigenvalue weighted by Gasteiger charge is -2.06. The number of anilines is 1. The van der Waals surface area contributed by atoms with Gasteiger partial charge in [-0.05, 0) is 37.3 Å². The first-order valence-corrected chi connectivity index (χ1v) is 8.99. The Morgan fingerprint density at radius 3 is 2.62 bits per heavy atom. The Labute approximate surface area is 165 Å². The van der Waals surface area contributed by atoms with Crippen molar-refractivity contribution in [2.45, 2.75) is 13.5 Å². The average molecular weight is 396 g/mol. The number of fused-ring (bicyclic) bond motifs is 1. The van der Waals surface area contributed by atoms with E-state index < -0.39 is 17.5 Å². The molecule has 0 aliphatic carbocycles. The number of halogens is 2. The zero-order chi connectivity index (χ0) is 20.5. The second-order valence-corrected chi connectivity index (χ2v) is 6.45. The first kappa shape index (κ1) is 18.7. The Morgan fingerprint density at radius 2 is 1.93 bits per heavy atom. The fourth-order valence-electron chi connectivity index (χ4n) is 3.39. The van der Waals surface area contributed by atoms with E-state index in [9.17, 15) is 13.6 Å². The van der Waals surface area contributed by atoms with Gasteiger partial charge in [0.1, 0.15) is 17.4 Å². The number of amides is 1. The highest BCUT2D eigenvalue weighted by atomic mass is 19.1. The van der Waals surface area contributed by atoms with E-state index in [1.807, 2.05) is 31.2 Å². The maximum atomic E-state index is 13.3. The SMILES string of the molecule is CCn1c(-c2cc(NC(=O)c3cc(F)cc(F)c3)n[nH]2)cc2c(OC)cccc21. The number of nitrogens with one attached hydrogen (secondary N) is 2. The quantitative estimate of drug-likeness (QED) is 0.518. The summed E-state index contributed by atoms with van der Waals surface area (Å²) in [5.74, 6) is -1.29. The highest BCUT2D eigenvalue weighted by molar-refractivity contribution is 6.04. The molecule has 1 amide bonds. The van der Waals surface area contributed by atoms with Crippen LogP contribution in [0.5, 0.6) is 5.75 Å². The van der Waals surface area contributed by atoms with Gasteiger partial charge in [-0.25, -0.2) is 8.78 Å². The number of ether oxygens (including phenoxy) is 1. The van der Waals surface area contributed by atoms with E-state index in [4.69, 9.17) is 4.74 Å². The summed E-state index contributed by atoms with van der Waals surface area (Å²) >= 11 is 0. The molecule has 148 valence electrons. The molecule has 0 saturated carbocycles. The maximum Gasteiger partial charge on any atom is 0.257 e. The molecule has 29 heavy (non-hydrogen) atoms. The number of nitrogens with zero attached hydrogens (tertiary/aromatic N) is 2. The van der Waals surface area contributed by atoms with Crippen LogP contribution in [-0.4, -0.2) is 27.8 Å². The summed E-state index contributed by atoms with van der Waals surface area (Å²) in [5.41, 5.74) is 2.44. The second kappa shape index (κ2) is 7.38. The predicted molar refractivity (Wildman–Crippen MR) is 106 cm³/mol. The van der Waals surface area contributed by atoms with Gasteiger partial charge in [0.05, 0.1) is 24.0 Å². The zero-order valence-electron chi connectivity index (χ0n) is 15.8. The fourth-order valence-corrected chi connectivity index (χ4v) is 3.39. The fraction of sp³-hybridized carbons (Fsp3) is 0.143. The molecule has 2 aromatic carbocycles. The van der Waals surface area contributed by atoms with Crippen molar-refractivity contribution < 1.29 is 18.3 Å². The number of H-pyrrole nitrogens is 1. The highest BCUT2D eigenvalue weighted by Gasteiger charge is 2.16. The average Bonchev–Trinajstić information content (AvgIpc) is 3.30. The molecular formula is C21H18F2N4O2. The normalized spacial score (nSPS) is 11.0. The van der Waals surface area contributed by atoms with Gasteiger partial charge in [-0.1, -0.05) is 6.07 Å². The summed E-state index contributed by atoms with van der Waals surface area (Å²) in [6.07, 6.45) is 0. The number of rotatable bonds is 5. The third-order valence-corrected chi connectivity index (χ3v) is 4.66. The van der Waals surface area contributed by atoms with E-state index in [-0.39, 0.29) is 11.4 Å². The lowest BCUT2D eigenvalue weighted by atomic mass is 10.2. The number of aromatic amines is 1. The first-order valence-electron chi connectivity index (χ1n) is 8.99. The minimum atomic E-state index is -0.820. The molecule has 0 fully saturated rings. The molecule has 6 nitrogen and oxygen atoms in total. The summed E-state index contributed by atoms with van der Waals surface area (Å²) in [6.45, 7) is 2.75. The number of hydrogen-bond donors (Lipinski definition) is 2. The summed E-state index contributed by atoms with van der Waals surface area (Å²) < 4.78 is 34.2. The lowest BCUT2D eigenvalue weighted by molar-refractivity contribution is 0.102. The van der Waals surface area contributed by atoms with Crippen LogP contribution in [-0.2, 0) is 6.54 Å². The molecule has 0 aliphatic rings. The van der Waals surface area contributed by atoms with E-state index in [0.29, 0.717) is 11.8 Å². The topological polar surface area (TPSA) is 71.9 Å². The summed E-state index contributed by atoms with van der Waals surface area (Å²) in [7, 11) is 1.62. The van der Waals surface area contributed by atoms with Gasteiger partial charge >= 0.3 is 0 Å². The van der Waals surface area contributed by atoms with Crippen LogP contribution < -0.4 is 10.1 Å². The zero-order valence-corrected chi connectivity index (χ0v) is 15.8. The van der Waals surface area contributed by atoms with Crippen LogP contribution in [0.3, 0.4) is 0 Å². The van der Waals surface area contributed by atoms with Crippen LogP contribution in [0, 0.1) is 11.6 Å². The van der Waals surface area contributed by atoms with Crippen molar-refractivity contribution in [2.75, 3.05) is 12.4 Å². The molecule has 0 spiro atoms. The summed E-state index contributed by atoms with van der Waals surface area (Å²) in [6, 6.07) is 12.1. The van der Waals surface area contributed by atoms with Gasteiger partial charge in [0.25, 0.3) is 5.91 Å². The highest BCUT2D eigenvalue weighted by Crippen LogP contribution is 2.33. The van der Waals surface area contributed by atoms with Crippen LogP contribution in [0.4, 0.5) is 14.6 Å². The molecule has 4 aromatic rings. The van der Waals surface area contributed by atoms with Crippen LogP contribution >= 0.6 is 0 Å². The number of hydrogen-bond acceptors (Lipinski definition) is 3. The van der Waals surface area contributed by atoms with Crippen molar-refractivity contribution in [2.24, 2.45) is 0 Å². The first-order chi connectivity index (χ1) is 14.0. The summed E-state index contributed by atoms with van der Waals surface area (Å²) in [5, 5.41) is 10.5. The molecule has 0 bridgehead atoms.